The van der Waals surface area contributed by atoms with Crippen molar-refractivity contribution < 1.29 is 80.5 Å². The summed E-state index contributed by atoms with van der Waals surface area (Å²) in [4.78, 5) is 20.3. The molecule has 0 saturated carbocycles. The number of alkyl halides is 14. The van der Waals surface area contributed by atoms with E-state index in [-0.39, 0.29) is 0 Å². The van der Waals surface area contributed by atoms with Crippen LogP contribution in [0.5, 0.6) is 0 Å². The quantitative estimate of drug-likeness (QED) is 0.435. The molecule has 166 valence electrons. The molecule has 0 spiro atoms. The summed E-state index contributed by atoms with van der Waals surface area (Å²) in [6.07, 6.45) is -12.1. The van der Waals surface area contributed by atoms with Crippen molar-refractivity contribution in [1.29, 1.82) is 0 Å². The third-order valence-electron chi connectivity index (χ3n) is 2.55. The van der Waals surface area contributed by atoms with E-state index in [1.165, 1.54) is 0 Å². The monoisotopic (exact) mass is 454 g/mol. The summed E-state index contributed by atoms with van der Waals surface area (Å²) < 4.78 is 180. The molecule has 18 heteroatoms. The summed E-state index contributed by atoms with van der Waals surface area (Å²) in [5.74, 6) is -34.8. The Morgan fingerprint density at radius 3 is 0.893 bits per heavy atom. The molecule has 4 nitrogen and oxygen atoms in total. The molecule has 28 heavy (non-hydrogen) atoms. The van der Waals surface area contributed by atoms with Gasteiger partial charge >= 0.3 is 48.0 Å². The molecule has 0 aromatic carbocycles. The maximum Gasteiger partial charge on any atom is 0.490 e. The number of hydrogen-bond donors (Lipinski definition) is 0. The van der Waals surface area contributed by atoms with E-state index in [1.807, 2.05) is 0 Å². The highest BCUT2D eigenvalue weighted by molar-refractivity contribution is 5.76. The molecule has 0 unspecified atom stereocenters. The fourth-order valence-electron chi connectivity index (χ4n) is 1.12. The van der Waals surface area contributed by atoms with Crippen LogP contribution in [0.3, 0.4) is 0 Å². The van der Waals surface area contributed by atoms with Crippen LogP contribution in [0.4, 0.5) is 61.5 Å². The summed E-state index contributed by atoms with van der Waals surface area (Å²) in [7, 11) is 0. The van der Waals surface area contributed by atoms with Gasteiger partial charge in [-0.3, -0.25) is 0 Å². The molecule has 0 aliphatic rings. The van der Waals surface area contributed by atoms with Crippen LogP contribution in [0, 0.1) is 0 Å². The molecule has 0 aliphatic carbocycles. The van der Waals surface area contributed by atoms with Crippen molar-refractivity contribution in [2.45, 2.75) is 36.0 Å². The second-order valence-corrected chi connectivity index (χ2v) is 4.71. The van der Waals surface area contributed by atoms with Crippen LogP contribution in [-0.2, 0) is 19.1 Å². The van der Waals surface area contributed by atoms with Crippen molar-refractivity contribution in [1.82, 2.24) is 0 Å². The van der Waals surface area contributed by atoms with Gasteiger partial charge in [0, 0.05) is 0 Å². The SMILES string of the molecule is O=C(OCC(F)(F)C(F)(F)C(F)(F)C(F)(F)COC(=O)C(F)(F)F)C(F)(F)F. The maximum absolute atomic E-state index is 13.2. The van der Waals surface area contributed by atoms with E-state index in [0.717, 1.165) is 0 Å². The lowest BCUT2D eigenvalue weighted by atomic mass is 9.99. The molecular weight excluding hydrogens is 450 g/mol. The average Bonchev–Trinajstić information content (AvgIpc) is 2.47. The summed E-state index contributed by atoms with van der Waals surface area (Å²) >= 11 is 0. The van der Waals surface area contributed by atoms with Gasteiger partial charge in [-0.15, -0.1) is 0 Å². The van der Waals surface area contributed by atoms with E-state index in [2.05, 4.69) is 9.47 Å². The molecule has 0 fully saturated rings. The van der Waals surface area contributed by atoms with Crippen LogP contribution in [0.15, 0.2) is 0 Å². The Balaban J connectivity index is 5.52. The van der Waals surface area contributed by atoms with Gasteiger partial charge < -0.3 is 9.47 Å². The number of esters is 2. The van der Waals surface area contributed by atoms with Gasteiger partial charge in [0.2, 0.25) is 0 Å². The highest BCUT2D eigenvalue weighted by atomic mass is 19.4. The van der Waals surface area contributed by atoms with Crippen molar-refractivity contribution >= 4 is 11.9 Å². The molecule has 0 heterocycles. The van der Waals surface area contributed by atoms with Crippen LogP contribution in [0.25, 0.3) is 0 Å². The van der Waals surface area contributed by atoms with Crippen LogP contribution in [0.1, 0.15) is 0 Å². The van der Waals surface area contributed by atoms with E-state index >= 15 is 0 Å². The number of halogens is 14. The number of rotatable bonds is 7. The highest BCUT2D eigenvalue weighted by Crippen LogP contribution is 2.52. The topological polar surface area (TPSA) is 52.6 Å². The van der Waals surface area contributed by atoms with Gasteiger partial charge in [-0.25, -0.2) is 9.59 Å². The van der Waals surface area contributed by atoms with Gasteiger partial charge in [0.05, 0.1) is 0 Å². The zero-order valence-electron chi connectivity index (χ0n) is 12.3. The summed E-state index contributed by atoms with van der Waals surface area (Å²) in [5.41, 5.74) is 0. The normalized spacial score (nSPS) is 14.6. The van der Waals surface area contributed by atoms with Gasteiger partial charge in [0.25, 0.3) is 0 Å². The van der Waals surface area contributed by atoms with Gasteiger partial charge in [0.15, 0.2) is 13.2 Å². The largest absolute Gasteiger partial charge is 0.490 e. The van der Waals surface area contributed by atoms with Gasteiger partial charge in [-0.2, -0.15) is 61.5 Å². The standard InChI is InChI=1S/C10H4F14O4/c11-5(12,1-27-3(25)7(15,16)17)9(21,22)10(23,24)6(13,14)2-28-4(26)8(18,19)20/h1-2H2. The smallest absolute Gasteiger partial charge is 0.452 e. The van der Waals surface area contributed by atoms with E-state index in [4.69, 9.17) is 0 Å². The first kappa shape index (κ1) is 26.0. The Hall–Kier alpha value is -2.04. The minimum atomic E-state index is -7.28. The Morgan fingerprint density at radius 2 is 0.714 bits per heavy atom. The Morgan fingerprint density at radius 1 is 0.500 bits per heavy atom. The number of carbonyl (C=O) groups is 2. The van der Waals surface area contributed by atoms with Crippen LogP contribution < -0.4 is 0 Å². The molecular formula is C10H4F14O4. The molecule has 0 rings (SSSR count). The lowest BCUT2D eigenvalue weighted by molar-refractivity contribution is -0.375. The molecule has 0 aromatic heterocycles. The van der Waals surface area contributed by atoms with Crippen molar-refractivity contribution in [3.8, 4) is 0 Å². The van der Waals surface area contributed by atoms with Crippen molar-refractivity contribution in [3.05, 3.63) is 0 Å². The van der Waals surface area contributed by atoms with Crippen LogP contribution >= 0.6 is 0 Å². The average molecular weight is 454 g/mol. The summed E-state index contributed by atoms with van der Waals surface area (Å²) in [6, 6.07) is 0. The molecule has 0 bridgehead atoms. The van der Waals surface area contributed by atoms with E-state index in [0.29, 0.717) is 0 Å². The lowest BCUT2D eigenvalue weighted by Gasteiger charge is -2.36. The second-order valence-electron chi connectivity index (χ2n) is 4.71. The molecule has 0 aromatic rings. The Bertz CT molecular complexity index is 538. The predicted octanol–water partition coefficient (Wildman–Crippen LogP) is 3.74. The summed E-state index contributed by atoms with van der Waals surface area (Å²) in [6.45, 7) is -6.90. The zero-order valence-corrected chi connectivity index (χ0v) is 12.3. The fraction of sp³-hybridized carbons (Fsp3) is 0.800. The maximum atomic E-state index is 13.2. The zero-order chi connectivity index (χ0) is 23.0. The first-order valence-electron chi connectivity index (χ1n) is 6.00. The Labute approximate surface area is 143 Å². The van der Waals surface area contributed by atoms with E-state index in [1.54, 1.807) is 0 Å². The van der Waals surface area contributed by atoms with Gasteiger partial charge in [0.1, 0.15) is 0 Å². The highest BCUT2D eigenvalue weighted by Gasteiger charge is 2.81. The first-order chi connectivity index (χ1) is 12.0. The molecule has 0 N–H and O–H groups in total. The van der Waals surface area contributed by atoms with Gasteiger partial charge in [-0.05, 0) is 0 Å². The minimum Gasteiger partial charge on any atom is -0.452 e. The first-order valence-corrected chi connectivity index (χ1v) is 6.00. The number of hydrogen-bond acceptors (Lipinski definition) is 4. The van der Waals surface area contributed by atoms with Gasteiger partial charge in [-0.1, -0.05) is 0 Å². The number of carbonyl (C=O) groups excluding carboxylic acids is 2. The van der Waals surface area contributed by atoms with E-state index in [9.17, 15) is 71.1 Å². The van der Waals surface area contributed by atoms with Crippen molar-refractivity contribution in [2.24, 2.45) is 0 Å². The third-order valence-corrected chi connectivity index (χ3v) is 2.55. The van der Waals surface area contributed by atoms with Crippen molar-refractivity contribution in [3.63, 3.8) is 0 Å². The number of ether oxygens (including phenoxy) is 2. The molecule has 0 aliphatic heterocycles. The van der Waals surface area contributed by atoms with Crippen LogP contribution in [0.2, 0.25) is 0 Å². The minimum absolute atomic E-state index is 2.60. The molecule has 0 saturated heterocycles. The van der Waals surface area contributed by atoms with Crippen molar-refractivity contribution in [2.75, 3.05) is 13.2 Å². The molecule has 0 amide bonds. The van der Waals surface area contributed by atoms with E-state index < -0.39 is 61.2 Å². The van der Waals surface area contributed by atoms with Crippen LogP contribution in [-0.4, -0.2) is 61.2 Å². The molecule has 0 radical (unpaired) electrons. The molecule has 0 atom stereocenters. The Kier molecular flexibility index (Phi) is 6.87. The lowest BCUT2D eigenvalue weighted by Crippen LogP contribution is -2.64. The third kappa shape index (κ3) is 5.27. The second kappa shape index (κ2) is 7.41. The fourth-order valence-corrected chi connectivity index (χ4v) is 1.12. The summed E-state index contributed by atoms with van der Waals surface area (Å²) in [5, 5.41) is 0. The predicted molar refractivity (Wildman–Crippen MR) is 53.8 cm³/mol.